The quantitative estimate of drug-likeness (QED) is 0.891. The largest absolute Gasteiger partial charge is 0.396 e. The van der Waals surface area contributed by atoms with Gasteiger partial charge >= 0.3 is 0 Å². The SMILES string of the molecule is Cn1cc(S(=O)(=O)N2CCCCC2CCO)c(-c2cccs2)n1. The fourth-order valence-electron chi connectivity index (χ4n) is 3.09. The molecule has 0 spiro atoms. The van der Waals surface area contributed by atoms with E-state index in [1.807, 2.05) is 17.5 Å². The van der Waals surface area contributed by atoms with E-state index in [2.05, 4.69) is 5.10 Å². The molecule has 3 heterocycles. The zero-order valence-corrected chi connectivity index (χ0v) is 14.7. The summed E-state index contributed by atoms with van der Waals surface area (Å²) in [5.74, 6) is 0. The van der Waals surface area contributed by atoms with E-state index in [1.165, 1.54) is 11.3 Å². The molecule has 1 fully saturated rings. The fraction of sp³-hybridized carbons (Fsp3) is 0.533. The Kier molecular flexibility index (Phi) is 4.86. The highest BCUT2D eigenvalue weighted by Crippen LogP contribution is 2.34. The zero-order valence-electron chi connectivity index (χ0n) is 13.1. The van der Waals surface area contributed by atoms with Crippen molar-refractivity contribution >= 4 is 21.4 Å². The van der Waals surface area contributed by atoms with Crippen molar-refractivity contribution in [3.05, 3.63) is 23.7 Å². The van der Waals surface area contributed by atoms with Gasteiger partial charge in [-0.25, -0.2) is 8.42 Å². The van der Waals surface area contributed by atoms with E-state index < -0.39 is 10.0 Å². The molecule has 0 aliphatic carbocycles. The number of hydrogen-bond donors (Lipinski definition) is 1. The average molecular weight is 355 g/mol. The van der Waals surface area contributed by atoms with Crippen molar-refractivity contribution in [2.45, 2.75) is 36.6 Å². The monoisotopic (exact) mass is 355 g/mol. The molecule has 2 aromatic rings. The lowest BCUT2D eigenvalue weighted by Crippen LogP contribution is -2.44. The molecule has 0 aromatic carbocycles. The van der Waals surface area contributed by atoms with Crippen LogP contribution in [0.5, 0.6) is 0 Å². The number of piperidine rings is 1. The third-order valence-corrected chi connectivity index (χ3v) is 7.00. The van der Waals surface area contributed by atoms with Crippen LogP contribution in [0.25, 0.3) is 10.6 Å². The van der Waals surface area contributed by atoms with Crippen molar-refractivity contribution in [2.75, 3.05) is 13.2 Å². The minimum absolute atomic E-state index is 0.00150. The molecule has 3 rings (SSSR count). The van der Waals surface area contributed by atoms with E-state index in [0.29, 0.717) is 18.7 Å². The number of sulfonamides is 1. The van der Waals surface area contributed by atoms with Crippen molar-refractivity contribution in [1.29, 1.82) is 0 Å². The van der Waals surface area contributed by atoms with Crippen molar-refractivity contribution in [3.63, 3.8) is 0 Å². The lowest BCUT2D eigenvalue weighted by atomic mass is 10.0. The van der Waals surface area contributed by atoms with Gasteiger partial charge in [0.15, 0.2) is 0 Å². The summed E-state index contributed by atoms with van der Waals surface area (Å²) in [6, 6.07) is 3.64. The third-order valence-electron chi connectivity index (χ3n) is 4.17. The summed E-state index contributed by atoms with van der Waals surface area (Å²) in [7, 11) is -1.89. The van der Waals surface area contributed by atoms with Gasteiger partial charge in [0.25, 0.3) is 0 Å². The maximum atomic E-state index is 13.2. The van der Waals surface area contributed by atoms with Crippen LogP contribution in [0.3, 0.4) is 0 Å². The molecule has 2 aromatic heterocycles. The first-order chi connectivity index (χ1) is 11.0. The van der Waals surface area contributed by atoms with Gasteiger partial charge < -0.3 is 5.11 Å². The molecule has 23 heavy (non-hydrogen) atoms. The molecule has 8 heteroatoms. The van der Waals surface area contributed by atoms with Gasteiger partial charge in [-0.1, -0.05) is 12.5 Å². The van der Waals surface area contributed by atoms with E-state index in [-0.39, 0.29) is 17.5 Å². The highest BCUT2D eigenvalue weighted by atomic mass is 32.2. The van der Waals surface area contributed by atoms with Gasteiger partial charge in [0.05, 0.1) is 4.88 Å². The number of aliphatic hydroxyl groups is 1. The Morgan fingerprint density at radius 3 is 2.96 bits per heavy atom. The second-order valence-electron chi connectivity index (χ2n) is 5.77. The molecule has 126 valence electrons. The summed E-state index contributed by atoms with van der Waals surface area (Å²) >= 11 is 1.48. The molecule has 1 aliphatic heterocycles. The summed E-state index contributed by atoms with van der Waals surface area (Å²) in [5, 5.41) is 15.5. The molecule has 6 nitrogen and oxygen atoms in total. The number of rotatable bonds is 5. The lowest BCUT2D eigenvalue weighted by Gasteiger charge is -2.34. The smallest absolute Gasteiger partial charge is 0.247 e. The summed E-state index contributed by atoms with van der Waals surface area (Å²) in [6.07, 6.45) is 4.72. The Morgan fingerprint density at radius 2 is 2.26 bits per heavy atom. The van der Waals surface area contributed by atoms with Gasteiger partial charge in [0.1, 0.15) is 10.6 Å². The molecule has 1 unspecified atom stereocenters. The number of aliphatic hydroxyl groups excluding tert-OH is 1. The highest BCUT2D eigenvalue weighted by molar-refractivity contribution is 7.89. The normalized spacial score (nSPS) is 20.0. The van der Waals surface area contributed by atoms with Crippen LogP contribution in [0.15, 0.2) is 28.6 Å². The van der Waals surface area contributed by atoms with E-state index in [1.54, 1.807) is 22.2 Å². The van der Waals surface area contributed by atoms with Crippen molar-refractivity contribution in [1.82, 2.24) is 14.1 Å². The molecular formula is C15H21N3O3S2. The topological polar surface area (TPSA) is 75.4 Å². The fourth-order valence-corrected chi connectivity index (χ4v) is 5.79. The molecule has 1 N–H and O–H groups in total. The van der Waals surface area contributed by atoms with E-state index in [9.17, 15) is 13.5 Å². The van der Waals surface area contributed by atoms with Crippen LogP contribution >= 0.6 is 11.3 Å². The minimum atomic E-state index is -3.62. The van der Waals surface area contributed by atoms with Crippen LogP contribution in [-0.2, 0) is 17.1 Å². The van der Waals surface area contributed by atoms with Crippen molar-refractivity contribution < 1.29 is 13.5 Å². The van der Waals surface area contributed by atoms with Gasteiger partial charge in [-0.2, -0.15) is 9.40 Å². The van der Waals surface area contributed by atoms with Gasteiger partial charge in [0, 0.05) is 32.4 Å². The van der Waals surface area contributed by atoms with Gasteiger partial charge in [-0.3, -0.25) is 4.68 Å². The standard InChI is InChI=1S/C15H21N3O3S2/c1-17-11-14(15(16-17)13-6-4-10-22-13)23(20,21)18-8-3-2-5-12(18)7-9-19/h4,6,10-12,19H,2-3,5,7-9H2,1H3. The number of hydrogen-bond acceptors (Lipinski definition) is 5. The average Bonchev–Trinajstić information content (AvgIpc) is 3.17. The minimum Gasteiger partial charge on any atom is -0.396 e. The summed E-state index contributed by atoms with van der Waals surface area (Å²) in [5.41, 5.74) is 0.510. The third kappa shape index (κ3) is 3.21. The molecule has 0 bridgehead atoms. The molecule has 0 saturated carbocycles. The van der Waals surface area contributed by atoms with E-state index in [0.717, 1.165) is 24.1 Å². The Morgan fingerprint density at radius 1 is 1.43 bits per heavy atom. The molecule has 0 radical (unpaired) electrons. The van der Waals surface area contributed by atoms with Crippen LogP contribution in [0, 0.1) is 0 Å². The second-order valence-corrected chi connectivity index (χ2v) is 8.58. The first-order valence-corrected chi connectivity index (χ1v) is 10.1. The predicted octanol–water partition coefficient (Wildman–Crippen LogP) is 2.07. The first-order valence-electron chi connectivity index (χ1n) is 7.74. The zero-order chi connectivity index (χ0) is 16.4. The number of aromatic nitrogens is 2. The van der Waals surface area contributed by atoms with Gasteiger partial charge in [0.2, 0.25) is 10.0 Å². The summed E-state index contributed by atoms with van der Waals surface area (Å²) < 4.78 is 29.5. The Bertz CT molecular complexity index is 751. The highest BCUT2D eigenvalue weighted by Gasteiger charge is 2.36. The van der Waals surface area contributed by atoms with Crippen LogP contribution < -0.4 is 0 Å². The van der Waals surface area contributed by atoms with Crippen molar-refractivity contribution in [2.24, 2.45) is 7.05 Å². The van der Waals surface area contributed by atoms with Crippen LogP contribution in [0.2, 0.25) is 0 Å². The number of thiophene rings is 1. The summed E-state index contributed by atoms with van der Waals surface area (Å²) in [6.45, 7) is 0.507. The number of nitrogens with zero attached hydrogens (tertiary/aromatic N) is 3. The molecule has 0 amide bonds. The van der Waals surface area contributed by atoms with E-state index in [4.69, 9.17) is 0 Å². The molecule has 1 saturated heterocycles. The Hall–Kier alpha value is -1.22. The van der Waals surface area contributed by atoms with Gasteiger partial charge in [-0.05, 0) is 30.7 Å². The maximum Gasteiger partial charge on any atom is 0.247 e. The molecule has 1 atom stereocenters. The maximum absolute atomic E-state index is 13.2. The Balaban J connectivity index is 2.02. The van der Waals surface area contributed by atoms with Crippen LogP contribution in [0.4, 0.5) is 0 Å². The van der Waals surface area contributed by atoms with E-state index >= 15 is 0 Å². The Labute approximate surface area is 140 Å². The van der Waals surface area contributed by atoms with Crippen LogP contribution in [-0.4, -0.2) is 46.8 Å². The number of aryl methyl sites for hydroxylation is 1. The van der Waals surface area contributed by atoms with Crippen molar-refractivity contribution in [3.8, 4) is 10.6 Å². The first kappa shape index (κ1) is 16.6. The second kappa shape index (κ2) is 6.72. The lowest BCUT2D eigenvalue weighted by molar-refractivity contribution is 0.192. The molecule has 1 aliphatic rings. The van der Waals surface area contributed by atoms with Gasteiger partial charge in [-0.15, -0.1) is 11.3 Å². The summed E-state index contributed by atoms with van der Waals surface area (Å²) in [4.78, 5) is 1.10. The molecular weight excluding hydrogens is 334 g/mol. The predicted molar refractivity (Wildman–Crippen MR) is 89.8 cm³/mol. The van der Waals surface area contributed by atoms with Crippen LogP contribution in [0.1, 0.15) is 25.7 Å².